The number of nitrogens with one attached hydrogen (secondary N) is 1. The van der Waals surface area contributed by atoms with Gasteiger partial charge < -0.3 is 4.98 Å². The number of aryl methyl sites for hydroxylation is 1. The largest absolute Gasteiger partial charge is 0.358 e. The van der Waals surface area contributed by atoms with Crippen molar-refractivity contribution in [3.8, 4) is 0 Å². The van der Waals surface area contributed by atoms with Crippen LogP contribution in [0.3, 0.4) is 0 Å². The van der Waals surface area contributed by atoms with Crippen LogP contribution in [0.5, 0.6) is 0 Å². The second-order valence-electron chi connectivity index (χ2n) is 4.10. The Morgan fingerprint density at radius 3 is 2.86 bits per heavy atom. The van der Waals surface area contributed by atoms with Gasteiger partial charge >= 0.3 is 0 Å². The fourth-order valence-corrected chi connectivity index (χ4v) is 2.82. The van der Waals surface area contributed by atoms with Gasteiger partial charge in [-0.1, -0.05) is 22.0 Å². The first-order valence-corrected chi connectivity index (χ1v) is 5.83. The van der Waals surface area contributed by atoms with Crippen LogP contribution < -0.4 is 0 Å². The molecular weight excluding hydrogens is 238 g/mol. The Morgan fingerprint density at radius 2 is 2.14 bits per heavy atom. The molecule has 0 radical (unpaired) electrons. The smallest absolute Gasteiger partial charge is 0.0470 e. The predicted octanol–water partition coefficient (Wildman–Crippen LogP) is 4.12. The lowest BCUT2D eigenvalue weighted by Crippen LogP contribution is -1.80. The summed E-state index contributed by atoms with van der Waals surface area (Å²) in [5, 5.41) is 1.40. The SMILES string of the molecule is Cc1[nH]c2cccc(Br)c2c1C1CC1. The summed E-state index contributed by atoms with van der Waals surface area (Å²) in [5.74, 6) is 0.808. The molecule has 0 saturated heterocycles. The van der Waals surface area contributed by atoms with E-state index in [0.29, 0.717) is 0 Å². The van der Waals surface area contributed by atoms with Crippen LogP contribution in [-0.4, -0.2) is 4.98 Å². The molecule has 2 heteroatoms. The van der Waals surface area contributed by atoms with Crippen LogP contribution in [0.1, 0.15) is 30.0 Å². The molecule has 0 aliphatic heterocycles. The van der Waals surface area contributed by atoms with Crippen LogP contribution in [0.25, 0.3) is 10.9 Å². The van der Waals surface area contributed by atoms with Gasteiger partial charge in [0.25, 0.3) is 0 Å². The number of benzene rings is 1. The lowest BCUT2D eigenvalue weighted by molar-refractivity contribution is 1.10. The molecule has 3 rings (SSSR count). The van der Waals surface area contributed by atoms with E-state index in [1.54, 1.807) is 0 Å². The molecule has 0 unspecified atom stereocenters. The summed E-state index contributed by atoms with van der Waals surface area (Å²) in [5.41, 5.74) is 4.14. The van der Waals surface area contributed by atoms with Crippen molar-refractivity contribution in [1.29, 1.82) is 0 Å². The van der Waals surface area contributed by atoms with Crippen LogP contribution in [0.4, 0.5) is 0 Å². The van der Waals surface area contributed by atoms with E-state index in [1.165, 1.54) is 39.5 Å². The summed E-state index contributed by atoms with van der Waals surface area (Å²) in [6, 6.07) is 6.36. The Labute approximate surface area is 91.6 Å². The van der Waals surface area contributed by atoms with E-state index in [-0.39, 0.29) is 0 Å². The van der Waals surface area contributed by atoms with Crippen LogP contribution in [0.2, 0.25) is 0 Å². The number of hydrogen-bond acceptors (Lipinski definition) is 0. The Kier molecular flexibility index (Phi) is 1.75. The maximum absolute atomic E-state index is 3.64. The van der Waals surface area contributed by atoms with E-state index in [1.807, 2.05) is 0 Å². The second kappa shape index (κ2) is 2.86. The first-order valence-electron chi connectivity index (χ1n) is 5.04. The van der Waals surface area contributed by atoms with Gasteiger partial charge in [0.1, 0.15) is 0 Å². The van der Waals surface area contributed by atoms with Crippen molar-refractivity contribution in [1.82, 2.24) is 4.98 Å². The molecule has 1 nitrogen and oxygen atoms in total. The minimum atomic E-state index is 0.808. The third-order valence-electron chi connectivity index (χ3n) is 2.99. The van der Waals surface area contributed by atoms with Gasteiger partial charge in [-0.3, -0.25) is 0 Å². The second-order valence-corrected chi connectivity index (χ2v) is 4.95. The molecule has 1 fully saturated rings. The van der Waals surface area contributed by atoms with Crippen LogP contribution in [0, 0.1) is 6.92 Å². The maximum Gasteiger partial charge on any atom is 0.0470 e. The van der Waals surface area contributed by atoms with Crippen molar-refractivity contribution in [3.63, 3.8) is 0 Å². The number of rotatable bonds is 1. The van der Waals surface area contributed by atoms with E-state index in [2.05, 4.69) is 46.0 Å². The number of H-pyrrole nitrogens is 1. The van der Waals surface area contributed by atoms with Crippen molar-refractivity contribution < 1.29 is 0 Å². The summed E-state index contributed by atoms with van der Waals surface area (Å²) >= 11 is 3.64. The summed E-state index contributed by atoms with van der Waals surface area (Å²) < 4.78 is 1.22. The zero-order valence-electron chi connectivity index (χ0n) is 8.10. The van der Waals surface area contributed by atoms with Crippen molar-refractivity contribution >= 4 is 26.8 Å². The zero-order valence-corrected chi connectivity index (χ0v) is 9.69. The summed E-state index contributed by atoms with van der Waals surface area (Å²) in [6.45, 7) is 2.18. The Bertz CT molecular complexity index is 494. The lowest BCUT2D eigenvalue weighted by atomic mass is 10.1. The Hall–Kier alpha value is -0.760. The normalized spacial score (nSPS) is 16.4. The molecule has 1 aromatic carbocycles. The van der Waals surface area contributed by atoms with Gasteiger partial charge in [-0.2, -0.15) is 0 Å². The molecule has 0 spiro atoms. The van der Waals surface area contributed by atoms with Crippen molar-refractivity contribution in [2.45, 2.75) is 25.7 Å². The first kappa shape index (κ1) is 8.54. The molecule has 1 aromatic heterocycles. The van der Waals surface area contributed by atoms with Gasteiger partial charge in [-0.15, -0.1) is 0 Å². The highest BCUT2D eigenvalue weighted by Gasteiger charge is 2.28. The lowest BCUT2D eigenvalue weighted by Gasteiger charge is -1.99. The molecule has 72 valence electrons. The average molecular weight is 250 g/mol. The average Bonchev–Trinajstić information content (AvgIpc) is 2.90. The maximum atomic E-state index is 3.64. The van der Waals surface area contributed by atoms with Crippen molar-refractivity contribution in [2.75, 3.05) is 0 Å². The highest BCUT2D eigenvalue weighted by molar-refractivity contribution is 9.10. The van der Waals surface area contributed by atoms with E-state index in [4.69, 9.17) is 0 Å². The fourth-order valence-electron chi connectivity index (χ4n) is 2.24. The molecule has 1 N–H and O–H groups in total. The zero-order chi connectivity index (χ0) is 9.71. The molecule has 2 aromatic rings. The highest BCUT2D eigenvalue weighted by Crippen LogP contribution is 2.46. The third-order valence-corrected chi connectivity index (χ3v) is 3.66. The fraction of sp³-hybridized carbons (Fsp3) is 0.333. The van der Waals surface area contributed by atoms with E-state index >= 15 is 0 Å². The number of aromatic amines is 1. The Balaban J connectivity index is 2.39. The molecule has 1 heterocycles. The number of aromatic nitrogens is 1. The van der Waals surface area contributed by atoms with E-state index in [9.17, 15) is 0 Å². The molecule has 0 atom stereocenters. The van der Waals surface area contributed by atoms with Gasteiger partial charge in [0.2, 0.25) is 0 Å². The predicted molar refractivity (Wildman–Crippen MR) is 62.7 cm³/mol. The number of fused-ring (bicyclic) bond motifs is 1. The van der Waals surface area contributed by atoms with Crippen molar-refractivity contribution in [2.24, 2.45) is 0 Å². The topological polar surface area (TPSA) is 15.8 Å². The molecule has 1 saturated carbocycles. The van der Waals surface area contributed by atoms with E-state index in [0.717, 1.165) is 5.92 Å². The number of halogens is 1. The molecule has 14 heavy (non-hydrogen) atoms. The van der Waals surface area contributed by atoms with Gasteiger partial charge in [0.15, 0.2) is 0 Å². The van der Waals surface area contributed by atoms with E-state index < -0.39 is 0 Å². The summed E-state index contributed by atoms with van der Waals surface area (Å²) in [7, 11) is 0. The van der Waals surface area contributed by atoms with Crippen LogP contribution in [0.15, 0.2) is 22.7 Å². The summed E-state index contributed by atoms with van der Waals surface area (Å²) in [6.07, 6.45) is 2.71. The minimum absolute atomic E-state index is 0.808. The molecular formula is C12H12BrN. The van der Waals surface area contributed by atoms with Gasteiger partial charge in [-0.25, -0.2) is 0 Å². The van der Waals surface area contributed by atoms with Crippen LogP contribution >= 0.6 is 15.9 Å². The van der Waals surface area contributed by atoms with Crippen LogP contribution in [-0.2, 0) is 0 Å². The third kappa shape index (κ3) is 1.13. The Morgan fingerprint density at radius 1 is 1.36 bits per heavy atom. The number of hydrogen-bond donors (Lipinski definition) is 1. The van der Waals surface area contributed by atoms with Gasteiger partial charge in [0, 0.05) is 21.1 Å². The molecule has 0 amide bonds. The molecule has 1 aliphatic carbocycles. The van der Waals surface area contributed by atoms with Crippen molar-refractivity contribution in [3.05, 3.63) is 33.9 Å². The monoisotopic (exact) mass is 249 g/mol. The quantitative estimate of drug-likeness (QED) is 0.783. The minimum Gasteiger partial charge on any atom is -0.358 e. The molecule has 1 aliphatic rings. The standard InChI is InChI=1S/C12H12BrN/c1-7-11(8-5-6-8)12-9(13)3-2-4-10(12)14-7/h2-4,8,14H,5-6H2,1H3. The van der Waals surface area contributed by atoms with Gasteiger partial charge in [0.05, 0.1) is 0 Å². The summed E-state index contributed by atoms with van der Waals surface area (Å²) in [4.78, 5) is 3.46. The molecule has 0 bridgehead atoms. The highest BCUT2D eigenvalue weighted by atomic mass is 79.9. The van der Waals surface area contributed by atoms with Gasteiger partial charge in [-0.05, 0) is 43.4 Å². The first-order chi connectivity index (χ1) is 6.77.